The van der Waals surface area contributed by atoms with Crippen LogP contribution in [0.3, 0.4) is 0 Å². The van der Waals surface area contributed by atoms with E-state index in [0.29, 0.717) is 0 Å². The summed E-state index contributed by atoms with van der Waals surface area (Å²) in [5, 5.41) is 3.21. The Morgan fingerprint density at radius 2 is 1.75 bits per heavy atom. The fraction of sp³-hybridized carbons (Fsp3) is 0.316. The van der Waals surface area contributed by atoms with Crippen molar-refractivity contribution in [1.29, 1.82) is 0 Å². The molecule has 3 rings (SSSR count). The number of carbonyl (C=O) groups excluding carboxylic acids is 1. The zero-order valence-corrected chi connectivity index (χ0v) is 17.7. The molecule has 1 N–H and O–H groups in total. The summed E-state index contributed by atoms with van der Waals surface area (Å²) in [5.41, 5.74) is 2.14. The Morgan fingerprint density at radius 1 is 1.04 bits per heavy atom. The topological polar surface area (TPSA) is 32.3 Å². The molecule has 0 aromatic heterocycles. The van der Waals surface area contributed by atoms with E-state index in [0.717, 1.165) is 45.2 Å². The molecule has 126 valence electrons. The Morgan fingerprint density at radius 3 is 2.46 bits per heavy atom. The molecule has 0 spiro atoms. The Kier molecular flexibility index (Phi) is 6.51. The molecule has 0 unspecified atom stereocenters. The van der Waals surface area contributed by atoms with Gasteiger partial charge in [-0.15, -0.1) is 0 Å². The number of hydrogen-bond acceptors (Lipinski definition) is 2. The van der Waals surface area contributed by atoms with Gasteiger partial charge in [0, 0.05) is 32.8 Å². The predicted molar refractivity (Wildman–Crippen MR) is 114 cm³/mol. The van der Waals surface area contributed by atoms with Gasteiger partial charge in [0.05, 0.1) is 5.56 Å². The number of piperidine rings is 1. The van der Waals surface area contributed by atoms with Gasteiger partial charge in [-0.3, -0.25) is 9.69 Å². The van der Waals surface area contributed by atoms with Crippen molar-refractivity contribution in [2.45, 2.75) is 25.4 Å². The highest BCUT2D eigenvalue weighted by molar-refractivity contribution is 14.1. The molecule has 0 atom stereocenters. The van der Waals surface area contributed by atoms with Gasteiger partial charge in [-0.25, -0.2) is 0 Å². The van der Waals surface area contributed by atoms with E-state index in [2.05, 4.69) is 85.7 Å². The van der Waals surface area contributed by atoms with Crippen LogP contribution in [0.25, 0.3) is 0 Å². The lowest BCUT2D eigenvalue weighted by Crippen LogP contribution is -2.44. The van der Waals surface area contributed by atoms with E-state index >= 15 is 0 Å². The van der Waals surface area contributed by atoms with E-state index in [9.17, 15) is 4.79 Å². The average Bonchev–Trinajstić information content (AvgIpc) is 2.60. The summed E-state index contributed by atoms with van der Waals surface area (Å²) in [6.07, 6.45) is 2.03. The number of rotatable bonds is 4. The fourth-order valence-electron chi connectivity index (χ4n) is 3.02. The van der Waals surface area contributed by atoms with Gasteiger partial charge < -0.3 is 5.32 Å². The molecule has 3 nitrogen and oxygen atoms in total. The molecule has 1 saturated heterocycles. The fourth-order valence-corrected chi connectivity index (χ4v) is 4.12. The number of hydrogen-bond donors (Lipinski definition) is 1. The van der Waals surface area contributed by atoms with E-state index in [-0.39, 0.29) is 11.9 Å². The van der Waals surface area contributed by atoms with Crippen LogP contribution in [0.5, 0.6) is 0 Å². The molecule has 0 saturated carbocycles. The van der Waals surface area contributed by atoms with Gasteiger partial charge in [0.25, 0.3) is 5.91 Å². The van der Waals surface area contributed by atoms with Crippen LogP contribution in [0.1, 0.15) is 28.8 Å². The standard InChI is InChI=1S/C19H20I2N2O/c20-17-8-4-7-16(18(17)21)19(24)22-15-9-11-23(12-10-15)13-14-5-2-1-3-6-14/h1-8,15H,9-13H2,(H,22,24). The number of amides is 1. The molecule has 1 aliphatic heterocycles. The maximum Gasteiger partial charge on any atom is 0.252 e. The maximum absolute atomic E-state index is 12.5. The van der Waals surface area contributed by atoms with Crippen molar-refractivity contribution in [3.05, 3.63) is 66.8 Å². The summed E-state index contributed by atoms with van der Waals surface area (Å²) in [6.45, 7) is 3.06. The van der Waals surface area contributed by atoms with Gasteiger partial charge in [0.15, 0.2) is 0 Å². The van der Waals surface area contributed by atoms with Crippen molar-refractivity contribution < 1.29 is 4.79 Å². The maximum atomic E-state index is 12.5. The van der Waals surface area contributed by atoms with Gasteiger partial charge in [-0.1, -0.05) is 36.4 Å². The van der Waals surface area contributed by atoms with Crippen LogP contribution in [0, 0.1) is 7.14 Å². The smallest absolute Gasteiger partial charge is 0.252 e. The normalized spacial score (nSPS) is 16.1. The molecule has 5 heteroatoms. The highest BCUT2D eigenvalue weighted by Crippen LogP contribution is 2.20. The van der Waals surface area contributed by atoms with Crippen molar-refractivity contribution in [3.63, 3.8) is 0 Å². The minimum atomic E-state index is 0.0550. The molecule has 0 radical (unpaired) electrons. The average molecular weight is 546 g/mol. The van der Waals surface area contributed by atoms with Crippen molar-refractivity contribution in [2.24, 2.45) is 0 Å². The Bertz CT molecular complexity index is 698. The van der Waals surface area contributed by atoms with Crippen LogP contribution in [-0.4, -0.2) is 29.9 Å². The van der Waals surface area contributed by atoms with E-state index in [1.807, 2.05) is 18.2 Å². The van der Waals surface area contributed by atoms with Crippen LogP contribution < -0.4 is 5.32 Å². The second-order valence-corrected chi connectivity index (χ2v) is 8.35. The van der Waals surface area contributed by atoms with Gasteiger partial charge in [-0.05, 0) is 75.7 Å². The van der Waals surface area contributed by atoms with E-state index in [1.165, 1.54) is 5.56 Å². The summed E-state index contributed by atoms with van der Waals surface area (Å²) in [6, 6.07) is 16.7. The van der Waals surface area contributed by atoms with Crippen LogP contribution in [0.4, 0.5) is 0 Å². The molecule has 0 bridgehead atoms. The molecule has 1 fully saturated rings. The third-order valence-electron chi connectivity index (χ3n) is 4.37. The highest BCUT2D eigenvalue weighted by atomic mass is 127. The molecule has 2 aromatic rings. The zero-order chi connectivity index (χ0) is 16.9. The minimum Gasteiger partial charge on any atom is -0.349 e. The van der Waals surface area contributed by atoms with Gasteiger partial charge in [0.1, 0.15) is 0 Å². The van der Waals surface area contributed by atoms with Crippen molar-refractivity contribution in [2.75, 3.05) is 13.1 Å². The monoisotopic (exact) mass is 546 g/mol. The van der Waals surface area contributed by atoms with Crippen LogP contribution in [0.15, 0.2) is 48.5 Å². The largest absolute Gasteiger partial charge is 0.349 e. The summed E-state index contributed by atoms with van der Waals surface area (Å²) >= 11 is 4.53. The number of carbonyl (C=O) groups is 1. The number of nitrogens with zero attached hydrogens (tertiary/aromatic N) is 1. The van der Waals surface area contributed by atoms with Crippen LogP contribution in [-0.2, 0) is 6.54 Å². The van der Waals surface area contributed by atoms with E-state index < -0.39 is 0 Å². The Balaban J connectivity index is 1.52. The second-order valence-electron chi connectivity index (χ2n) is 6.11. The molecule has 1 heterocycles. The molecular formula is C19H20I2N2O. The summed E-state index contributed by atoms with van der Waals surface area (Å²) in [7, 11) is 0. The van der Waals surface area contributed by atoms with Crippen molar-refractivity contribution >= 4 is 51.1 Å². The first-order valence-corrected chi connectivity index (χ1v) is 10.3. The molecule has 0 aliphatic carbocycles. The number of halogens is 2. The third-order valence-corrected chi connectivity index (χ3v) is 7.46. The Hall–Kier alpha value is -0.670. The lowest BCUT2D eigenvalue weighted by molar-refractivity contribution is 0.0908. The number of benzene rings is 2. The molecule has 2 aromatic carbocycles. The minimum absolute atomic E-state index is 0.0550. The lowest BCUT2D eigenvalue weighted by atomic mass is 10.0. The Labute approximate surface area is 170 Å². The molecular weight excluding hydrogens is 526 g/mol. The van der Waals surface area contributed by atoms with E-state index in [1.54, 1.807) is 0 Å². The molecule has 1 aliphatic rings. The summed E-state index contributed by atoms with van der Waals surface area (Å²) in [5.74, 6) is 0.0550. The summed E-state index contributed by atoms with van der Waals surface area (Å²) < 4.78 is 2.16. The van der Waals surface area contributed by atoms with E-state index in [4.69, 9.17) is 0 Å². The van der Waals surface area contributed by atoms with Gasteiger partial charge in [-0.2, -0.15) is 0 Å². The number of nitrogens with one attached hydrogen (secondary N) is 1. The zero-order valence-electron chi connectivity index (χ0n) is 13.3. The van der Waals surface area contributed by atoms with Crippen LogP contribution >= 0.6 is 45.2 Å². The van der Waals surface area contributed by atoms with Gasteiger partial charge in [0.2, 0.25) is 0 Å². The van der Waals surface area contributed by atoms with Gasteiger partial charge >= 0.3 is 0 Å². The first kappa shape index (κ1) is 18.1. The van der Waals surface area contributed by atoms with Crippen molar-refractivity contribution in [3.8, 4) is 0 Å². The number of likely N-dealkylation sites (tertiary alicyclic amines) is 1. The lowest BCUT2D eigenvalue weighted by Gasteiger charge is -2.32. The molecule has 24 heavy (non-hydrogen) atoms. The molecule has 1 amide bonds. The van der Waals surface area contributed by atoms with Crippen molar-refractivity contribution in [1.82, 2.24) is 10.2 Å². The second kappa shape index (κ2) is 8.62. The first-order chi connectivity index (χ1) is 11.6. The quantitative estimate of drug-likeness (QED) is 0.581. The summed E-state index contributed by atoms with van der Waals surface area (Å²) in [4.78, 5) is 15.0. The third kappa shape index (κ3) is 4.70. The SMILES string of the molecule is O=C(NC1CCN(Cc2ccccc2)CC1)c1cccc(I)c1I. The highest BCUT2D eigenvalue weighted by Gasteiger charge is 2.22. The van der Waals surface area contributed by atoms with Crippen LogP contribution in [0.2, 0.25) is 0 Å². The first-order valence-electron chi connectivity index (χ1n) is 8.14. The predicted octanol–water partition coefficient (Wildman–Crippen LogP) is 4.29.